The standard InChI is InChI=1S/C18H28ClN/c1-2-12-20-18(11-10-15-6-3-4-7-15)14-16-8-5-9-17(19)13-16/h5,8-9,13,15,18,20H,2-4,6-7,10-12,14H2,1H3. The number of hydrogen-bond acceptors (Lipinski definition) is 1. The largest absolute Gasteiger partial charge is 0.314 e. The van der Waals surface area contributed by atoms with Crippen LogP contribution < -0.4 is 5.32 Å². The van der Waals surface area contributed by atoms with Crippen LogP contribution in [-0.2, 0) is 6.42 Å². The molecule has 2 rings (SSSR count). The molecule has 0 aliphatic heterocycles. The smallest absolute Gasteiger partial charge is 0.0408 e. The number of benzene rings is 1. The minimum atomic E-state index is 0.606. The van der Waals surface area contributed by atoms with Crippen LogP contribution in [0.2, 0.25) is 5.02 Å². The zero-order valence-electron chi connectivity index (χ0n) is 12.7. The summed E-state index contributed by atoms with van der Waals surface area (Å²) in [6.45, 7) is 3.36. The highest BCUT2D eigenvalue weighted by atomic mass is 35.5. The Hall–Kier alpha value is -0.530. The van der Waals surface area contributed by atoms with Gasteiger partial charge in [-0.25, -0.2) is 0 Å². The summed E-state index contributed by atoms with van der Waals surface area (Å²) < 4.78 is 0. The lowest BCUT2D eigenvalue weighted by Gasteiger charge is -2.20. The fourth-order valence-electron chi connectivity index (χ4n) is 3.31. The van der Waals surface area contributed by atoms with Crippen LogP contribution in [0, 0.1) is 5.92 Å². The second kappa shape index (κ2) is 8.69. The van der Waals surface area contributed by atoms with Crippen LogP contribution >= 0.6 is 11.6 Å². The van der Waals surface area contributed by atoms with Crippen molar-refractivity contribution in [3.63, 3.8) is 0 Å². The average molecular weight is 294 g/mol. The molecule has 20 heavy (non-hydrogen) atoms. The molecular formula is C18H28ClN. The van der Waals surface area contributed by atoms with Gasteiger partial charge in [-0.1, -0.05) is 56.3 Å². The molecule has 0 saturated heterocycles. The molecule has 1 nitrogen and oxygen atoms in total. The lowest BCUT2D eigenvalue weighted by atomic mass is 9.95. The first-order valence-corrected chi connectivity index (χ1v) is 8.63. The van der Waals surface area contributed by atoms with Crippen LogP contribution in [0.1, 0.15) is 57.4 Å². The Morgan fingerprint density at radius 3 is 2.80 bits per heavy atom. The molecule has 0 aromatic heterocycles. The Kier molecular flexibility index (Phi) is 6.89. The van der Waals surface area contributed by atoms with Crippen molar-refractivity contribution >= 4 is 11.6 Å². The van der Waals surface area contributed by atoms with Gasteiger partial charge in [0.15, 0.2) is 0 Å². The molecule has 1 aliphatic carbocycles. The van der Waals surface area contributed by atoms with Crippen molar-refractivity contribution in [2.75, 3.05) is 6.54 Å². The van der Waals surface area contributed by atoms with Crippen molar-refractivity contribution in [3.05, 3.63) is 34.9 Å². The van der Waals surface area contributed by atoms with Crippen LogP contribution in [0.5, 0.6) is 0 Å². The third-order valence-corrected chi connectivity index (χ3v) is 4.69. The van der Waals surface area contributed by atoms with Gasteiger partial charge in [0.25, 0.3) is 0 Å². The van der Waals surface area contributed by atoms with Gasteiger partial charge in [0.2, 0.25) is 0 Å². The van der Waals surface area contributed by atoms with Gasteiger partial charge < -0.3 is 5.32 Å². The summed E-state index contributed by atoms with van der Waals surface area (Å²) in [5.74, 6) is 0.986. The minimum Gasteiger partial charge on any atom is -0.314 e. The molecule has 1 fully saturated rings. The Morgan fingerprint density at radius 1 is 1.30 bits per heavy atom. The molecular weight excluding hydrogens is 266 g/mol. The minimum absolute atomic E-state index is 0.606. The first-order chi connectivity index (χ1) is 9.78. The van der Waals surface area contributed by atoms with Crippen molar-refractivity contribution < 1.29 is 0 Å². The van der Waals surface area contributed by atoms with Crippen molar-refractivity contribution in [2.45, 2.75) is 64.3 Å². The Bertz CT molecular complexity index is 385. The lowest BCUT2D eigenvalue weighted by molar-refractivity contribution is 0.402. The van der Waals surface area contributed by atoms with Gasteiger partial charge in [0.1, 0.15) is 0 Å². The zero-order chi connectivity index (χ0) is 14.2. The zero-order valence-corrected chi connectivity index (χ0v) is 13.5. The molecule has 0 heterocycles. The van der Waals surface area contributed by atoms with Crippen molar-refractivity contribution in [2.24, 2.45) is 5.92 Å². The highest BCUT2D eigenvalue weighted by molar-refractivity contribution is 6.30. The van der Waals surface area contributed by atoms with E-state index in [-0.39, 0.29) is 0 Å². The Balaban J connectivity index is 1.85. The van der Waals surface area contributed by atoms with Gasteiger partial charge in [0.05, 0.1) is 0 Å². The van der Waals surface area contributed by atoms with Gasteiger partial charge in [-0.05, 0) is 55.8 Å². The summed E-state index contributed by atoms with van der Waals surface area (Å²) in [5, 5.41) is 4.57. The molecule has 0 spiro atoms. The van der Waals surface area contributed by atoms with Crippen molar-refractivity contribution in [3.8, 4) is 0 Å². The molecule has 1 atom stereocenters. The predicted molar refractivity (Wildman–Crippen MR) is 88.4 cm³/mol. The van der Waals surface area contributed by atoms with E-state index in [2.05, 4.69) is 30.4 Å². The molecule has 1 aromatic carbocycles. The van der Waals surface area contributed by atoms with E-state index in [4.69, 9.17) is 11.6 Å². The van der Waals surface area contributed by atoms with Crippen LogP contribution in [0.3, 0.4) is 0 Å². The number of hydrogen-bond donors (Lipinski definition) is 1. The van der Waals surface area contributed by atoms with E-state index >= 15 is 0 Å². The topological polar surface area (TPSA) is 12.0 Å². The Labute approximate surface area is 129 Å². The SMILES string of the molecule is CCCNC(CCC1CCCC1)Cc1cccc(Cl)c1. The highest BCUT2D eigenvalue weighted by Crippen LogP contribution is 2.29. The molecule has 2 heteroatoms. The molecule has 0 radical (unpaired) electrons. The van der Waals surface area contributed by atoms with Gasteiger partial charge in [-0.15, -0.1) is 0 Å². The second-order valence-corrected chi connectivity index (χ2v) is 6.65. The molecule has 1 unspecified atom stereocenters. The van der Waals surface area contributed by atoms with Gasteiger partial charge >= 0.3 is 0 Å². The maximum absolute atomic E-state index is 6.09. The van der Waals surface area contributed by atoms with Crippen LogP contribution in [0.25, 0.3) is 0 Å². The van der Waals surface area contributed by atoms with E-state index in [0.717, 1.165) is 23.9 Å². The van der Waals surface area contributed by atoms with E-state index in [0.29, 0.717) is 6.04 Å². The first-order valence-electron chi connectivity index (χ1n) is 8.25. The molecule has 1 aliphatic rings. The highest BCUT2D eigenvalue weighted by Gasteiger charge is 2.17. The summed E-state index contributed by atoms with van der Waals surface area (Å²) in [6.07, 6.45) is 10.8. The quantitative estimate of drug-likeness (QED) is 0.693. The van der Waals surface area contributed by atoms with E-state index < -0.39 is 0 Å². The van der Waals surface area contributed by atoms with Gasteiger partial charge in [-0.2, -0.15) is 0 Å². The second-order valence-electron chi connectivity index (χ2n) is 6.21. The van der Waals surface area contributed by atoms with E-state index in [1.54, 1.807) is 0 Å². The maximum Gasteiger partial charge on any atom is 0.0408 e. The molecule has 1 saturated carbocycles. The Morgan fingerprint density at radius 2 is 2.10 bits per heavy atom. The summed E-state index contributed by atoms with van der Waals surface area (Å²) in [6, 6.07) is 8.93. The van der Waals surface area contributed by atoms with Crippen molar-refractivity contribution in [1.82, 2.24) is 5.32 Å². The maximum atomic E-state index is 6.09. The van der Waals surface area contributed by atoms with E-state index in [1.165, 1.54) is 50.5 Å². The molecule has 1 N–H and O–H groups in total. The third kappa shape index (κ3) is 5.46. The van der Waals surface area contributed by atoms with E-state index in [9.17, 15) is 0 Å². The monoisotopic (exact) mass is 293 g/mol. The van der Waals surface area contributed by atoms with Crippen LogP contribution in [-0.4, -0.2) is 12.6 Å². The van der Waals surface area contributed by atoms with Crippen LogP contribution in [0.15, 0.2) is 24.3 Å². The first kappa shape index (κ1) is 15.9. The fraction of sp³-hybridized carbons (Fsp3) is 0.667. The number of rotatable bonds is 8. The van der Waals surface area contributed by atoms with E-state index in [1.807, 2.05) is 6.07 Å². The summed E-state index contributed by atoms with van der Waals surface area (Å²) in [5.41, 5.74) is 1.36. The molecule has 112 valence electrons. The number of halogens is 1. The average Bonchev–Trinajstić information content (AvgIpc) is 2.95. The fourth-order valence-corrected chi connectivity index (χ4v) is 3.52. The summed E-state index contributed by atoms with van der Waals surface area (Å²) >= 11 is 6.09. The summed E-state index contributed by atoms with van der Waals surface area (Å²) in [4.78, 5) is 0. The normalized spacial score (nSPS) is 17.5. The van der Waals surface area contributed by atoms with Crippen LogP contribution in [0.4, 0.5) is 0 Å². The van der Waals surface area contributed by atoms with Gasteiger partial charge in [0, 0.05) is 11.1 Å². The molecule has 0 amide bonds. The lowest BCUT2D eigenvalue weighted by Crippen LogP contribution is -2.32. The molecule has 0 bridgehead atoms. The number of nitrogens with one attached hydrogen (secondary N) is 1. The third-order valence-electron chi connectivity index (χ3n) is 4.45. The summed E-state index contributed by atoms with van der Waals surface area (Å²) in [7, 11) is 0. The molecule has 1 aromatic rings. The predicted octanol–water partition coefficient (Wildman–Crippen LogP) is 5.22. The van der Waals surface area contributed by atoms with Crippen molar-refractivity contribution in [1.29, 1.82) is 0 Å². The van der Waals surface area contributed by atoms with Gasteiger partial charge in [-0.3, -0.25) is 0 Å².